The van der Waals surface area contributed by atoms with Crippen LogP contribution in [0.5, 0.6) is 0 Å². The maximum atomic E-state index is 13.9. The van der Waals surface area contributed by atoms with Crippen LogP contribution in [0.2, 0.25) is 0 Å². The molecule has 3 heterocycles. The molecule has 2 aliphatic rings. The van der Waals surface area contributed by atoms with Crippen molar-refractivity contribution < 1.29 is 14.5 Å². The number of nitrogens with zero attached hydrogens (tertiary/aromatic N) is 4. The van der Waals surface area contributed by atoms with Gasteiger partial charge in [-0.05, 0) is 48.4 Å². The van der Waals surface area contributed by atoms with Gasteiger partial charge in [0, 0.05) is 57.4 Å². The lowest BCUT2D eigenvalue weighted by Gasteiger charge is -2.29. The summed E-state index contributed by atoms with van der Waals surface area (Å²) in [6.07, 6.45) is 2.27. The minimum Gasteiger partial charge on any atom is -0.340 e. The minimum absolute atomic E-state index is 0.0226. The van der Waals surface area contributed by atoms with Crippen LogP contribution in [0.3, 0.4) is 0 Å². The largest absolute Gasteiger partial charge is 0.340 e. The van der Waals surface area contributed by atoms with Crippen LogP contribution in [-0.2, 0) is 17.8 Å². The first kappa shape index (κ1) is 27.9. The molecule has 2 saturated heterocycles. The Hall–Kier alpha value is -3.60. The molecule has 2 fully saturated rings. The van der Waals surface area contributed by atoms with Gasteiger partial charge < -0.3 is 15.1 Å². The van der Waals surface area contributed by atoms with Crippen molar-refractivity contribution in [2.45, 2.75) is 37.9 Å². The summed E-state index contributed by atoms with van der Waals surface area (Å²) in [5, 5.41) is 16.4. The Morgan fingerprint density at radius 3 is 2.52 bits per heavy atom. The van der Waals surface area contributed by atoms with Gasteiger partial charge in [-0.25, -0.2) is 0 Å². The van der Waals surface area contributed by atoms with E-state index in [1.165, 1.54) is 29.0 Å². The van der Waals surface area contributed by atoms with Crippen LogP contribution in [0.1, 0.15) is 33.6 Å². The van der Waals surface area contributed by atoms with Gasteiger partial charge in [-0.3, -0.25) is 24.6 Å². The van der Waals surface area contributed by atoms with Crippen LogP contribution in [0, 0.1) is 10.1 Å². The summed E-state index contributed by atoms with van der Waals surface area (Å²) in [5.74, 6) is -0.0726. The predicted octanol–water partition coefficient (Wildman–Crippen LogP) is 3.81. The molecule has 5 rings (SSSR count). The zero-order chi connectivity index (χ0) is 27.9. The van der Waals surface area contributed by atoms with E-state index in [2.05, 4.69) is 22.3 Å². The van der Waals surface area contributed by atoms with Crippen LogP contribution in [-0.4, -0.2) is 82.8 Å². The van der Waals surface area contributed by atoms with Crippen molar-refractivity contribution in [3.63, 3.8) is 0 Å². The fourth-order valence-electron chi connectivity index (χ4n) is 5.62. The summed E-state index contributed by atoms with van der Waals surface area (Å²) < 4.78 is 0. The standard InChI is InChI=1S/C30H35N5O4S/c36-29(32-16-5-14-31-15-18-32)27-20-26(22-34(27)30(37)28-8-4-19-40-28)33(17-13-23-6-2-1-3-7-23)21-24-9-11-25(12-10-24)35(38)39/h1-4,6-12,19,26-27,31H,5,13-18,20-22H2. The number of amides is 2. The molecule has 3 aromatic rings. The number of non-ortho nitro benzene ring substituents is 1. The van der Waals surface area contributed by atoms with Gasteiger partial charge in [0.2, 0.25) is 5.91 Å². The van der Waals surface area contributed by atoms with Gasteiger partial charge in [0.05, 0.1) is 9.80 Å². The first-order valence-corrected chi connectivity index (χ1v) is 14.7. The quantitative estimate of drug-likeness (QED) is 0.315. The van der Waals surface area contributed by atoms with E-state index in [1.54, 1.807) is 17.0 Å². The Bertz CT molecular complexity index is 1280. The Balaban J connectivity index is 1.40. The molecule has 9 nitrogen and oxygen atoms in total. The molecule has 0 aliphatic carbocycles. The SMILES string of the molecule is O=C(C1CC(N(CCc2ccccc2)Cc2ccc([N+](=O)[O-])cc2)CN1C(=O)c1cccs1)N1CCCNCC1. The van der Waals surface area contributed by atoms with E-state index in [0.717, 1.165) is 38.0 Å². The lowest BCUT2D eigenvalue weighted by Crippen LogP contribution is -2.48. The zero-order valence-electron chi connectivity index (χ0n) is 22.5. The fourth-order valence-corrected chi connectivity index (χ4v) is 6.30. The molecule has 0 spiro atoms. The van der Waals surface area contributed by atoms with Gasteiger partial charge in [-0.1, -0.05) is 48.5 Å². The lowest BCUT2D eigenvalue weighted by molar-refractivity contribution is -0.384. The molecule has 10 heteroatoms. The average molecular weight is 562 g/mol. The summed E-state index contributed by atoms with van der Waals surface area (Å²) in [5.41, 5.74) is 2.24. The summed E-state index contributed by atoms with van der Waals surface area (Å²) in [6, 6.07) is 20.1. The highest BCUT2D eigenvalue weighted by Gasteiger charge is 2.43. The molecule has 1 N–H and O–H groups in total. The van der Waals surface area contributed by atoms with Crippen molar-refractivity contribution in [1.29, 1.82) is 0 Å². The average Bonchev–Trinajstić information content (AvgIpc) is 3.60. The molecular weight excluding hydrogens is 526 g/mol. The van der Waals surface area contributed by atoms with E-state index < -0.39 is 11.0 Å². The second-order valence-corrected chi connectivity index (χ2v) is 11.3. The first-order chi connectivity index (χ1) is 19.5. The van der Waals surface area contributed by atoms with E-state index in [1.807, 2.05) is 40.6 Å². The number of nitro groups is 1. The van der Waals surface area contributed by atoms with Gasteiger partial charge in [0.25, 0.3) is 11.6 Å². The van der Waals surface area contributed by atoms with Crippen molar-refractivity contribution in [3.05, 3.63) is 98.2 Å². The smallest absolute Gasteiger partial charge is 0.269 e. The van der Waals surface area contributed by atoms with E-state index in [4.69, 9.17) is 0 Å². The molecule has 1 aromatic heterocycles. The van der Waals surface area contributed by atoms with E-state index >= 15 is 0 Å². The number of likely N-dealkylation sites (tertiary alicyclic amines) is 1. The molecule has 2 aliphatic heterocycles. The number of carbonyl (C=O) groups excluding carboxylic acids is 2. The van der Waals surface area contributed by atoms with Crippen molar-refractivity contribution >= 4 is 28.8 Å². The Labute approximate surface area is 238 Å². The van der Waals surface area contributed by atoms with Gasteiger partial charge in [0.15, 0.2) is 0 Å². The van der Waals surface area contributed by atoms with Gasteiger partial charge in [-0.15, -0.1) is 11.3 Å². The van der Waals surface area contributed by atoms with Crippen LogP contribution in [0.25, 0.3) is 0 Å². The molecule has 0 radical (unpaired) electrons. The molecule has 0 saturated carbocycles. The summed E-state index contributed by atoms with van der Waals surface area (Å²) >= 11 is 1.40. The van der Waals surface area contributed by atoms with Crippen LogP contribution in [0.4, 0.5) is 5.69 Å². The second kappa shape index (κ2) is 13.2. The second-order valence-electron chi connectivity index (χ2n) is 10.4. The zero-order valence-corrected chi connectivity index (χ0v) is 23.3. The first-order valence-electron chi connectivity index (χ1n) is 13.8. The predicted molar refractivity (Wildman–Crippen MR) is 155 cm³/mol. The van der Waals surface area contributed by atoms with Gasteiger partial charge in [-0.2, -0.15) is 0 Å². The third-order valence-electron chi connectivity index (χ3n) is 7.79. The maximum absolute atomic E-state index is 13.9. The minimum atomic E-state index is -0.520. The Morgan fingerprint density at radius 2 is 1.80 bits per heavy atom. The highest BCUT2D eigenvalue weighted by atomic mass is 32.1. The van der Waals surface area contributed by atoms with Crippen LogP contribution in [0.15, 0.2) is 72.1 Å². The van der Waals surface area contributed by atoms with Gasteiger partial charge in [0.1, 0.15) is 6.04 Å². The molecule has 2 aromatic carbocycles. The van der Waals surface area contributed by atoms with Crippen molar-refractivity contribution in [2.24, 2.45) is 0 Å². The van der Waals surface area contributed by atoms with Gasteiger partial charge >= 0.3 is 0 Å². The number of rotatable bonds is 9. The number of benzene rings is 2. The number of nitro benzene ring substituents is 1. The lowest BCUT2D eigenvalue weighted by atomic mass is 10.1. The topological polar surface area (TPSA) is 99.0 Å². The molecule has 2 amide bonds. The summed E-state index contributed by atoms with van der Waals surface area (Å²) in [4.78, 5) is 45.0. The molecule has 40 heavy (non-hydrogen) atoms. The van der Waals surface area contributed by atoms with Crippen molar-refractivity contribution in [3.8, 4) is 0 Å². The van der Waals surface area contributed by atoms with Crippen LogP contribution < -0.4 is 5.32 Å². The molecule has 0 bridgehead atoms. The van der Waals surface area contributed by atoms with E-state index in [9.17, 15) is 19.7 Å². The highest BCUT2D eigenvalue weighted by molar-refractivity contribution is 7.12. The number of thiophene rings is 1. The Morgan fingerprint density at radius 1 is 1.00 bits per heavy atom. The molecule has 210 valence electrons. The fraction of sp³-hybridized carbons (Fsp3) is 0.400. The Kier molecular flexibility index (Phi) is 9.20. The summed E-state index contributed by atoms with van der Waals surface area (Å²) in [6.45, 7) is 4.74. The third-order valence-corrected chi connectivity index (χ3v) is 8.65. The van der Waals surface area contributed by atoms with Crippen molar-refractivity contribution in [1.82, 2.24) is 20.0 Å². The monoisotopic (exact) mass is 561 g/mol. The number of hydrogen-bond acceptors (Lipinski definition) is 7. The van der Waals surface area contributed by atoms with E-state index in [0.29, 0.717) is 37.5 Å². The number of carbonyl (C=O) groups is 2. The molecule has 2 atom stereocenters. The molecule has 2 unspecified atom stereocenters. The number of hydrogen-bond donors (Lipinski definition) is 1. The normalized spacial score (nSPS) is 19.5. The van der Waals surface area contributed by atoms with E-state index in [-0.39, 0.29) is 23.5 Å². The maximum Gasteiger partial charge on any atom is 0.269 e. The van der Waals surface area contributed by atoms with Crippen LogP contribution >= 0.6 is 11.3 Å². The third kappa shape index (κ3) is 6.75. The van der Waals surface area contributed by atoms with Crippen molar-refractivity contribution in [2.75, 3.05) is 39.3 Å². The highest BCUT2D eigenvalue weighted by Crippen LogP contribution is 2.29. The summed E-state index contributed by atoms with van der Waals surface area (Å²) in [7, 11) is 0. The molecular formula is C30H35N5O4S. The number of nitrogens with one attached hydrogen (secondary N) is 1.